The molecule has 1 aliphatic heterocycles. The number of halogens is 2. The number of oxime groups is 1. The zero-order valence-electron chi connectivity index (χ0n) is 17.7. The summed E-state index contributed by atoms with van der Waals surface area (Å²) in [4.78, 5) is 17.2. The van der Waals surface area contributed by atoms with Gasteiger partial charge in [-0.2, -0.15) is 13.1 Å². The molecule has 9 nitrogen and oxygen atoms in total. The molecule has 12 heteroatoms. The van der Waals surface area contributed by atoms with Crippen LogP contribution in [-0.4, -0.2) is 64.4 Å². The number of amides is 1. The van der Waals surface area contributed by atoms with E-state index >= 15 is 0 Å². The maximum absolute atomic E-state index is 12.8. The molecule has 3 rings (SSSR count). The van der Waals surface area contributed by atoms with Crippen LogP contribution in [0, 0.1) is 6.92 Å². The molecule has 2 aromatic rings. The maximum Gasteiger partial charge on any atom is 0.387 e. The quantitative estimate of drug-likeness (QED) is 0.434. The summed E-state index contributed by atoms with van der Waals surface area (Å²) >= 11 is 0. The SMILES string of the molecule is Cc1ccc(S(=O)(=O)N2CCOCC2)cc1NC(=O)CO/N=C/c1ccc(OC(F)F)cc1. The highest BCUT2D eigenvalue weighted by Crippen LogP contribution is 2.23. The number of anilines is 1. The van der Waals surface area contributed by atoms with E-state index in [4.69, 9.17) is 9.57 Å². The summed E-state index contributed by atoms with van der Waals surface area (Å²) in [6.45, 7) is -0.378. The van der Waals surface area contributed by atoms with Crippen molar-refractivity contribution in [2.45, 2.75) is 18.4 Å². The molecule has 0 aromatic heterocycles. The van der Waals surface area contributed by atoms with Crippen molar-refractivity contribution in [2.75, 3.05) is 38.2 Å². The van der Waals surface area contributed by atoms with Crippen LogP contribution < -0.4 is 10.1 Å². The molecular weight excluding hydrogens is 460 g/mol. The van der Waals surface area contributed by atoms with Crippen LogP contribution in [0.3, 0.4) is 0 Å². The van der Waals surface area contributed by atoms with E-state index in [1.165, 1.54) is 46.9 Å². The molecule has 1 fully saturated rings. The van der Waals surface area contributed by atoms with Crippen LogP contribution in [0.5, 0.6) is 5.75 Å². The number of hydrogen-bond donors (Lipinski definition) is 1. The highest BCUT2D eigenvalue weighted by molar-refractivity contribution is 7.89. The first-order chi connectivity index (χ1) is 15.8. The molecule has 1 saturated heterocycles. The summed E-state index contributed by atoms with van der Waals surface area (Å²) in [5, 5.41) is 6.28. The Balaban J connectivity index is 1.55. The third-order valence-electron chi connectivity index (χ3n) is 4.67. The van der Waals surface area contributed by atoms with Gasteiger partial charge in [-0.1, -0.05) is 11.2 Å². The molecule has 0 aliphatic carbocycles. The molecule has 1 N–H and O–H groups in total. The first kappa shape index (κ1) is 24.6. The first-order valence-electron chi connectivity index (χ1n) is 9.94. The number of alkyl halides is 2. The molecule has 1 aliphatic rings. The third kappa shape index (κ3) is 6.94. The molecule has 0 radical (unpaired) electrons. The molecule has 0 unspecified atom stereocenters. The van der Waals surface area contributed by atoms with Gasteiger partial charge in [-0.3, -0.25) is 4.79 Å². The molecule has 1 amide bonds. The van der Waals surface area contributed by atoms with Crippen LogP contribution in [0.2, 0.25) is 0 Å². The van der Waals surface area contributed by atoms with E-state index in [2.05, 4.69) is 15.2 Å². The normalized spacial score (nSPS) is 15.0. The van der Waals surface area contributed by atoms with Gasteiger partial charge in [-0.25, -0.2) is 8.42 Å². The van der Waals surface area contributed by atoms with Gasteiger partial charge in [0.25, 0.3) is 5.91 Å². The van der Waals surface area contributed by atoms with Gasteiger partial charge in [0.15, 0.2) is 6.61 Å². The van der Waals surface area contributed by atoms with E-state index < -0.39 is 29.1 Å². The van der Waals surface area contributed by atoms with Crippen LogP contribution in [-0.2, 0) is 24.4 Å². The second-order valence-corrected chi connectivity index (χ2v) is 8.93. The van der Waals surface area contributed by atoms with Gasteiger partial charge in [0.05, 0.1) is 24.3 Å². The lowest BCUT2D eigenvalue weighted by molar-refractivity contribution is -0.120. The Morgan fingerprint density at radius 1 is 1.21 bits per heavy atom. The molecule has 0 atom stereocenters. The Bertz CT molecular complexity index is 1090. The fraction of sp³-hybridized carbons (Fsp3) is 0.333. The molecule has 1 heterocycles. The Kier molecular flexibility index (Phi) is 8.31. The number of hydrogen-bond acceptors (Lipinski definition) is 7. The number of carbonyl (C=O) groups excluding carboxylic acids is 1. The van der Waals surface area contributed by atoms with E-state index in [1.54, 1.807) is 13.0 Å². The van der Waals surface area contributed by atoms with E-state index in [0.29, 0.717) is 30.0 Å². The number of benzene rings is 2. The number of sulfonamides is 1. The zero-order valence-corrected chi connectivity index (χ0v) is 18.6. The number of rotatable bonds is 9. The minimum absolute atomic E-state index is 0.00989. The monoisotopic (exact) mass is 483 g/mol. The first-order valence-corrected chi connectivity index (χ1v) is 11.4. The summed E-state index contributed by atoms with van der Waals surface area (Å²) in [7, 11) is -3.70. The second-order valence-electron chi connectivity index (χ2n) is 7.00. The number of morpholine rings is 1. The summed E-state index contributed by atoms with van der Waals surface area (Å²) in [5.41, 5.74) is 1.57. The fourth-order valence-electron chi connectivity index (χ4n) is 2.95. The van der Waals surface area contributed by atoms with Gasteiger partial charge in [-0.05, 0) is 54.4 Å². The van der Waals surface area contributed by atoms with Crippen LogP contribution in [0.1, 0.15) is 11.1 Å². The predicted octanol–water partition coefficient (Wildman–Crippen LogP) is 2.61. The van der Waals surface area contributed by atoms with Crippen LogP contribution >= 0.6 is 0 Å². The Morgan fingerprint density at radius 3 is 2.58 bits per heavy atom. The highest BCUT2D eigenvalue weighted by Gasteiger charge is 2.26. The minimum Gasteiger partial charge on any atom is -0.435 e. The smallest absolute Gasteiger partial charge is 0.387 e. The number of carbonyl (C=O) groups is 1. The standard InChI is InChI=1S/C21H23F2N3O6S/c1-15-2-7-18(33(28,29)26-8-10-30-11-9-26)12-19(15)25-20(27)14-31-24-13-16-3-5-17(6-4-16)32-21(22)23/h2-7,12-13,21H,8-11,14H2,1H3,(H,25,27)/b24-13+. The van der Waals surface area contributed by atoms with Crippen molar-refractivity contribution in [1.82, 2.24) is 4.31 Å². The third-order valence-corrected chi connectivity index (χ3v) is 6.56. The van der Waals surface area contributed by atoms with Gasteiger partial charge in [-0.15, -0.1) is 0 Å². The van der Waals surface area contributed by atoms with Gasteiger partial charge >= 0.3 is 6.61 Å². The lowest BCUT2D eigenvalue weighted by Gasteiger charge is -2.26. The van der Waals surface area contributed by atoms with Crippen LogP contribution in [0.25, 0.3) is 0 Å². The summed E-state index contributed by atoms with van der Waals surface area (Å²) < 4.78 is 60.7. The maximum atomic E-state index is 12.8. The van der Waals surface area contributed by atoms with Crippen molar-refractivity contribution < 1.29 is 36.3 Å². The Hall–Kier alpha value is -3.09. The molecule has 33 heavy (non-hydrogen) atoms. The number of ether oxygens (including phenoxy) is 2. The average molecular weight is 483 g/mol. The second kappa shape index (κ2) is 11.2. The summed E-state index contributed by atoms with van der Waals surface area (Å²) in [5.74, 6) is -0.521. The van der Waals surface area contributed by atoms with Crippen molar-refractivity contribution in [3.8, 4) is 5.75 Å². The molecule has 2 aromatic carbocycles. The van der Waals surface area contributed by atoms with Gasteiger partial charge in [0.1, 0.15) is 5.75 Å². The number of nitrogens with one attached hydrogen (secondary N) is 1. The van der Waals surface area contributed by atoms with Crippen molar-refractivity contribution in [1.29, 1.82) is 0 Å². The molecule has 0 spiro atoms. The van der Waals surface area contributed by atoms with E-state index in [-0.39, 0.29) is 23.7 Å². The highest BCUT2D eigenvalue weighted by atomic mass is 32.2. The average Bonchev–Trinajstić information content (AvgIpc) is 2.79. The summed E-state index contributed by atoms with van der Waals surface area (Å²) in [6.07, 6.45) is 1.31. The molecular formula is C21H23F2N3O6S. The minimum atomic E-state index is -3.70. The van der Waals surface area contributed by atoms with Crippen molar-refractivity contribution in [3.05, 3.63) is 53.6 Å². The molecule has 178 valence electrons. The van der Waals surface area contributed by atoms with E-state index in [0.717, 1.165) is 0 Å². The zero-order chi connectivity index (χ0) is 23.8. The number of aryl methyl sites for hydroxylation is 1. The lowest BCUT2D eigenvalue weighted by Crippen LogP contribution is -2.40. The Morgan fingerprint density at radius 2 is 1.91 bits per heavy atom. The van der Waals surface area contributed by atoms with Gasteiger partial charge in [0.2, 0.25) is 10.0 Å². The van der Waals surface area contributed by atoms with Gasteiger partial charge in [0, 0.05) is 18.8 Å². The van der Waals surface area contributed by atoms with E-state index in [9.17, 15) is 22.0 Å². The number of nitrogens with zero attached hydrogens (tertiary/aromatic N) is 2. The lowest BCUT2D eigenvalue weighted by atomic mass is 10.2. The Labute approximate surface area is 190 Å². The van der Waals surface area contributed by atoms with E-state index in [1.807, 2.05) is 0 Å². The van der Waals surface area contributed by atoms with Crippen molar-refractivity contribution in [3.63, 3.8) is 0 Å². The fourth-order valence-corrected chi connectivity index (χ4v) is 4.38. The topological polar surface area (TPSA) is 107 Å². The largest absolute Gasteiger partial charge is 0.435 e. The summed E-state index contributed by atoms with van der Waals surface area (Å²) in [6, 6.07) is 10.2. The van der Waals surface area contributed by atoms with Crippen LogP contribution in [0.15, 0.2) is 52.5 Å². The predicted molar refractivity (Wildman–Crippen MR) is 116 cm³/mol. The van der Waals surface area contributed by atoms with Gasteiger partial charge < -0.3 is 19.6 Å². The molecule has 0 bridgehead atoms. The van der Waals surface area contributed by atoms with Crippen molar-refractivity contribution in [2.24, 2.45) is 5.16 Å². The van der Waals surface area contributed by atoms with Crippen LogP contribution in [0.4, 0.5) is 14.5 Å². The molecule has 0 saturated carbocycles. The van der Waals surface area contributed by atoms with Crippen molar-refractivity contribution >= 4 is 27.8 Å².